The lowest BCUT2D eigenvalue weighted by Gasteiger charge is -2.34. The fourth-order valence-electron chi connectivity index (χ4n) is 3.30. The predicted octanol–water partition coefficient (Wildman–Crippen LogP) is 5.24. The molecular weight excluding hydrogens is 326 g/mol. The van der Waals surface area contributed by atoms with Crippen LogP contribution < -0.4 is 0 Å². The Balaban J connectivity index is 1.97. The first-order valence-corrected chi connectivity index (χ1v) is 9.34. The Labute approximate surface area is 155 Å². The van der Waals surface area contributed by atoms with Crippen molar-refractivity contribution < 1.29 is 9.53 Å². The van der Waals surface area contributed by atoms with Crippen molar-refractivity contribution in [2.24, 2.45) is 5.92 Å². The number of nitrogens with zero attached hydrogens (tertiary/aromatic N) is 3. The molecule has 1 amide bonds. The van der Waals surface area contributed by atoms with Gasteiger partial charge in [-0.3, -0.25) is 9.58 Å². The highest BCUT2D eigenvalue weighted by Gasteiger charge is 2.29. The number of allylic oxidation sites excluding steroid dienone is 1. The molecule has 1 aromatic carbocycles. The Hall–Kier alpha value is -2.30. The van der Waals surface area contributed by atoms with Gasteiger partial charge in [-0.25, -0.2) is 4.79 Å². The van der Waals surface area contributed by atoms with Crippen molar-refractivity contribution in [3.8, 4) is 0 Å². The smallest absolute Gasteiger partial charge is 0.414 e. The Morgan fingerprint density at radius 2 is 2.04 bits per heavy atom. The fourth-order valence-corrected chi connectivity index (χ4v) is 3.30. The maximum absolute atomic E-state index is 12.7. The van der Waals surface area contributed by atoms with Crippen molar-refractivity contribution in [2.45, 2.75) is 59.6 Å². The third-order valence-corrected chi connectivity index (χ3v) is 4.49. The summed E-state index contributed by atoms with van der Waals surface area (Å²) in [6.07, 6.45) is 4.71. The van der Waals surface area contributed by atoms with Crippen molar-refractivity contribution in [1.82, 2.24) is 14.7 Å². The fraction of sp³-hybridized carbons (Fsp3) is 0.524. The number of rotatable bonds is 2. The van der Waals surface area contributed by atoms with E-state index in [-0.39, 0.29) is 6.09 Å². The van der Waals surface area contributed by atoms with E-state index in [2.05, 4.69) is 50.1 Å². The van der Waals surface area contributed by atoms with Gasteiger partial charge in [0.1, 0.15) is 5.60 Å². The highest BCUT2D eigenvalue weighted by molar-refractivity contribution is 5.87. The molecule has 5 heteroatoms. The zero-order valence-corrected chi connectivity index (χ0v) is 16.6. The Kier molecular flexibility index (Phi) is 4.82. The summed E-state index contributed by atoms with van der Waals surface area (Å²) in [5.41, 5.74) is 2.55. The van der Waals surface area contributed by atoms with E-state index in [0.29, 0.717) is 18.5 Å². The molecule has 0 spiro atoms. The lowest BCUT2D eigenvalue weighted by atomic mass is 9.98. The number of hydrogen-bond acceptors (Lipinski definition) is 3. The summed E-state index contributed by atoms with van der Waals surface area (Å²) in [7, 11) is 0. The van der Waals surface area contributed by atoms with Gasteiger partial charge in [-0.2, -0.15) is 5.10 Å². The molecule has 1 aliphatic heterocycles. The van der Waals surface area contributed by atoms with E-state index in [1.54, 1.807) is 4.90 Å². The zero-order valence-electron chi connectivity index (χ0n) is 16.6. The topological polar surface area (TPSA) is 47.4 Å². The predicted molar refractivity (Wildman–Crippen MR) is 105 cm³/mol. The minimum absolute atomic E-state index is 0.284. The number of benzene rings is 1. The summed E-state index contributed by atoms with van der Waals surface area (Å²) < 4.78 is 7.65. The van der Waals surface area contributed by atoms with E-state index in [1.807, 2.05) is 31.6 Å². The molecule has 2 heterocycles. The second-order valence-corrected chi connectivity index (χ2v) is 8.48. The normalized spacial score (nSPS) is 18.3. The average molecular weight is 355 g/mol. The summed E-state index contributed by atoms with van der Waals surface area (Å²) in [5.74, 6) is 0.415. The monoisotopic (exact) mass is 355 g/mol. The van der Waals surface area contributed by atoms with Gasteiger partial charge in [0.25, 0.3) is 0 Å². The zero-order chi connectivity index (χ0) is 19.1. The summed E-state index contributed by atoms with van der Waals surface area (Å²) >= 11 is 0. The molecule has 0 aliphatic carbocycles. The van der Waals surface area contributed by atoms with E-state index < -0.39 is 5.60 Å². The summed E-state index contributed by atoms with van der Waals surface area (Å²) in [5, 5.41) is 5.57. The van der Waals surface area contributed by atoms with Crippen LogP contribution in [0.5, 0.6) is 0 Å². The third kappa shape index (κ3) is 3.76. The van der Waals surface area contributed by atoms with Crippen LogP contribution in [0.15, 0.2) is 30.5 Å². The van der Waals surface area contributed by atoms with Crippen molar-refractivity contribution in [2.75, 3.05) is 6.54 Å². The lowest BCUT2D eigenvalue weighted by molar-refractivity contribution is 0.0327. The molecule has 1 aliphatic rings. The number of carbonyl (C=O) groups is 1. The first-order valence-electron chi connectivity index (χ1n) is 9.34. The number of amides is 1. The van der Waals surface area contributed by atoms with Gasteiger partial charge in [0.15, 0.2) is 0 Å². The summed E-state index contributed by atoms with van der Waals surface area (Å²) in [6.45, 7) is 12.8. The largest absolute Gasteiger partial charge is 0.443 e. The molecule has 3 rings (SSSR count). The maximum atomic E-state index is 12.7. The minimum atomic E-state index is -0.509. The van der Waals surface area contributed by atoms with E-state index in [1.165, 1.54) is 0 Å². The van der Waals surface area contributed by atoms with Gasteiger partial charge in [0.2, 0.25) is 0 Å². The SMILES string of the molecule is CC1CC=C(c2ccc3c(cnn3C(C)C)c2)N(C(=O)OC(C)(C)C)C1. The van der Waals surface area contributed by atoms with Crippen LogP contribution in [0.1, 0.15) is 59.6 Å². The number of fused-ring (bicyclic) bond motifs is 1. The van der Waals surface area contributed by atoms with Crippen LogP contribution in [-0.2, 0) is 4.74 Å². The van der Waals surface area contributed by atoms with Gasteiger partial charge in [0, 0.05) is 18.0 Å². The molecule has 0 N–H and O–H groups in total. The number of aromatic nitrogens is 2. The second-order valence-electron chi connectivity index (χ2n) is 8.48. The van der Waals surface area contributed by atoms with E-state index in [4.69, 9.17) is 4.74 Å². The quantitative estimate of drug-likeness (QED) is 0.740. The van der Waals surface area contributed by atoms with Crippen LogP contribution in [0.25, 0.3) is 16.6 Å². The summed E-state index contributed by atoms with van der Waals surface area (Å²) in [6, 6.07) is 6.58. The van der Waals surface area contributed by atoms with E-state index in [9.17, 15) is 4.79 Å². The van der Waals surface area contributed by atoms with Gasteiger partial charge < -0.3 is 4.74 Å². The number of hydrogen-bond donors (Lipinski definition) is 0. The van der Waals surface area contributed by atoms with Gasteiger partial charge in [-0.1, -0.05) is 19.1 Å². The molecule has 0 saturated carbocycles. The molecule has 5 nitrogen and oxygen atoms in total. The molecule has 140 valence electrons. The molecule has 1 atom stereocenters. The lowest BCUT2D eigenvalue weighted by Crippen LogP contribution is -2.39. The third-order valence-electron chi connectivity index (χ3n) is 4.49. The van der Waals surface area contributed by atoms with Crippen LogP contribution in [0.4, 0.5) is 4.79 Å². The Bertz CT molecular complexity index is 843. The van der Waals surface area contributed by atoms with Gasteiger partial charge in [0.05, 0.1) is 17.4 Å². The van der Waals surface area contributed by atoms with Crippen LogP contribution in [0.2, 0.25) is 0 Å². The number of carbonyl (C=O) groups excluding carboxylic acids is 1. The second kappa shape index (κ2) is 6.78. The number of ether oxygens (including phenoxy) is 1. The molecule has 0 fully saturated rings. The standard InChI is InChI=1S/C21H29N3O2/c1-14(2)24-19-10-8-16(11-17(19)12-22-24)18-9-7-15(3)13-23(18)20(25)26-21(4,5)6/h8-12,14-15H,7,13H2,1-6H3. The first kappa shape index (κ1) is 18.5. The van der Waals surface area contributed by atoms with E-state index in [0.717, 1.165) is 28.6 Å². The molecule has 0 bridgehead atoms. The molecule has 0 radical (unpaired) electrons. The van der Waals surface area contributed by atoms with Crippen molar-refractivity contribution in [1.29, 1.82) is 0 Å². The van der Waals surface area contributed by atoms with Crippen LogP contribution in [0, 0.1) is 5.92 Å². The van der Waals surface area contributed by atoms with Gasteiger partial charge in [-0.05, 0) is 64.7 Å². The van der Waals surface area contributed by atoms with Gasteiger partial charge >= 0.3 is 6.09 Å². The highest BCUT2D eigenvalue weighted by atomic mass is 16.6. The summed E-state index contributed by atoms with van der Waals surface area (Å²) in [4.78, 5) is 14.5. The molecule has 1 unspecified atom stereocenters. The van der Waals surface area contributed by atoms with Crippen LogP contribution >= 0.6 is 0 Å². The Morgan fingerprint density at radius 3 is 2.69 bits per heavy atom. The molecule has 1 aromatic heterocycles. The molecular formula is C21H29N3O2. The minimum Gasteiger partial charge on any atom is -0.443 e. The maximum Gasteiger partial charge on any atom is 0.414 e. The molecule has 26 heavy (non-hydrogen) atoms. The van der Waals surface area contributed by atoms with Gasteiger partial charge in [-0.15, -0.1) is 0 Å². The highest BCUT2D eigenvalue weighted by Crippen LogP contribution is 2.31. The Morgan fingerprint density at radius 1 is 1.31 bits per heavy atom. The van der Waals surface area contributed by atoms with Crippen molar-refractivity contribution >= 4 is 22.7 Å². The van der Waals surface area contributed by atoms with E-state index >= 15 is 0 Å². The van der Waals surface area contributed by atoms with Crippen LogP contribution in [-0.4, -0.2) is 32.9 Å². The average Bonchev–Trinajstić information content (AvgIpc) is 2.96. The molecule has 2 aromatic rings. The molecule has 0 saturated heterocycles. The van der Waals surface area contributed by atoms with Crippen molar-refractivity contribution in [3.05, 3.63) is 36.0 Å². The first-order chi connectivity index (χ1) is 12.2. The van der Waals surface area contributed by atoms with Crippen LogP contribution in [0.3, 0.4) is 0 Å². The van der Waals surface area contributed by atoms with Crippen molar-refractivity contribution in [3.63, 3.8) is 0 Å².